The molecule has 1 aliphatic heterocycles. The molecule has 3 aromatic carbocycles. The van der Waals surface area contributed by atoms with Crippen LogP contribution in [0, 0.1) is 11.6 Å². The Bertz CT molecular complexity index is 1360. The third kappa shape index (κ3) is 5.52. The van der Waals surface area contributed by atoms with Crippen molar-refractivity contribution in [1.29, 1.82) is 0 Å². The van der Waals surface area contributed by atoms with Crippen molar-refractivity contribution in [2.24, 2.45) is 5.10 Å². The summed E-state index contributed by atoms with van der Waals surface area (Å²) in [4.78, 5) is 12.4. The third-order valence-corrected chi connectivity index (χ3v) is 6.99. The molecule has 1 N–H and O–H groups in total. The van der Waals surface area contributed by atoms with Gasteiger partial charge in [-0.15, -0.1) is 0 Å². The Kier molecular flexibility index (Phi) is 7.17. The maximum atomic E-state index is 13.9. The smallest absolute Gasteiger partial charge is 0.264 e. The number of fused-ring (bicyclic) bond motifs is 1. The average Bonchev–Trinajstić information content (AvgIpc) is 2.84. The quantitative estimate of drug-likeness (QED) is 0.377. The highest BCUT2D eigenvalue weighted by Crippen LogP contribution is 2.34. The Morgan fingerprint density at radius 1 is 1.06 bits per heavy atom. The summed E-state index contributed by atoms with van der Waals surface area (Å²) in [7, 11) is -4.30. The zero-order valence-electron chi connectivity index (χ0n) is 17.9. The molecule has 0 saturated heterocycles. The number of sulfonamides is 1. The second-order valence-corrected chi connectivity index (χ2v) is 9.49. The molecule has 3 aromatic rings. The number of halogens is 3. The highest BCUT2D eigenvalue weighted by Gasteiger charge is 2.29. The van der Waals surface area contributed by atoms with Crippen LogP contribution in [0.5, 0.6) is 11.5 Å². The number of rotatable bonds is 7. The Morgan fingerprint density at radius 3 is 2.49 bits per heavy atom. The molecule has 0 radical (unpaired) electrons. The topological polar surface area (TPSA) is 97.3 Å². The van der Waals surface area contributed by atoms with Crippen LogP contribution in [0.2, 0.25) is 5.02 Å². The van der Waals surface area contributed by atoms with Crippen LogP contribution in [-0.4, -0.2) is 40.3 Å². The monoisotopic (exact) mass is 521 g/mol. The molecule has 0 unspecified atom stereocenters. The summed E-state index contributed by atoms with van der Waals surface area (Å²) in [6, 6.07) is 12.7. The molecule has 0 saturated carbocycles. The SMILES string of the molecule is O=C(CN(c1ccc(F)cc1)S(=O)(=O)c1ccc2c(c1)OCCO2)N/N=C\c1c(F)cccc1Cl. The lowest BCUT2D eigenvalue weighted by atomic mass is 10.2. The summed E-state index contributed by atoms with van der Waals surface area (Å²) in [5.74, 6) is -1.43. The van der Waals surface area contributed by atoms with E-state index >= 15 is 0 Å². The molecule has 35 heavy (non-hydrogen) atoms. The fraction of sp³-hybridized carbons (Fsp3) is 0.130. The zero-order valence-corrected chi connectivity index (χ0v) is 19.5. The molecule has 0 bridgehead atoms. The Hall–Kier alpha value is -3.70. The highest BCUT2D eigenvalue weighted by atomic mass is 35.5. The third-order valence-electron chi connectivity index (χ3n) is 4.89. The maximum Gasteiger partial charge on any atom is 0.264 e. The van der Waals surface area contributed by atoms with Crippen molar-refractivity contribution in [3.63, 3.8) is 0 Å². The molecule has 0 spiro atoms. The molecule has 0 fully saturated rings. The molecule has 4 rings (SSSR count). The van der Waals surface area contributed by atoms with E-state index in [0.29, 0.717) is 12.4 Å². The first-order chi connectivity index (χ1) is 16.8. The minimum absolute atomic E-state index is 0.0394. The molecule has 1 aliphatic rings. The first kappa shape index (κ1) is 24.4. The number of anilines is 1. The van der Waals surface area contributed by atoms with Gasteiger partial charge in [0.05, 0.1) is 21.8 Å². The predicted molar refractivity (Wildman–Crippen MR) is 126 cm³/mol. The number of carbonyl (C=O) groups is 1. The number of hydrazone groups is 1. The number of ether oxygens (including phenoxy) is 2. The van der Waals surface area contributed by atoms with E-state index in [4.69, 9.17) is 21.1 Å². The molecule has 182 valence electrons. The number of hydrogen-bond acceptors (Lipinski definition) is 6. The fourth-order valence-electron chi connectivity index (χ4n) is 3.20. The number of carbonyl (C=O) groups excluding carboxylic acids is 1. The van der Waals surface area contributed by atoms with Gasteiger partial charge in [-0.3, -0.25) is 9.10 Å². The molecule has 12 heteroatoms. The first-order valence-electron chi connectivity index (χ1n) is 10.2. The van der Waals surface area contributed by atoms with Gasteiger partial charge in [-0.1, -0.05) is 17.7 Å². The molecule has 1 heterocycles. The van der Waals surface area contributed by atoms with E-state index in [1.165, 1.54) is 48.5 Å². The predicted octanol–water partition coefficient (Wildman–Crippen LogP) is 3.74. The Balaban J connectivity index is 1.60. The van der Waals surface area contributed by atoms with Gasteiger partial charge in [0, 0.05) is 11.6 Å². The maximum absolute atomic E-state index is 13.9. The van der Waals surface area contributed by atoms with Gasteiger partial charge in [0.2, 0.25) is 0 Å². The largest absolute Gasteiger partial charge is 0.486 e. The van der Waals surface area contributed by atoms with Gasteiger partial charge in [0.15, 0.2) is 11.5 Å². The van der Waals surface area contributed by atoms with E-state index in [2.05, 4.69) is 10.5 Å². The van der Waals surface area contributed by atoms with Gasteiger partial charge in [-0.25, -0.2) is 22.6 Å². The van der Waals surface area contributed by atoms with Crippen LogP contribution in [0.4, 0.5) is 14.5 Å². The number of nitrogens with zero attached hydrogens (tertiary/aromatic N) is 2. The van der Waals surface area contributed by atoms with Gasteiger partial charge in [0.25, 0.3) is 15.9 Å². The van der Waals surface area contributed by atoms with Crippen LogP contribution in [0.1, 0.15) is 5.56 Å². The van der Waals surface area contributed by atoms with Crippen molar-refractivity contribution >= 4 is 39.4 Å². The zero-order chi connectivity index (χ0) is 25.0. The Labute approximate surface area is 204 Å². The van der Waals surface area contributed by atoms with Gasteiger partial charge in [0.1, 0.15) is 31.4 Å². The minimum Gasteiger partial charge on any atom is -0.486 e. The fourth-order valence-corrected chi connectivity index (χ4v) is 4.85. The van der Waals surface area contributed by atoms with E-state index in [9.17, 15) is 22.0 Å². The second kappa shape index (κ2) is 10.3. The minimum atomic E-state index is -4.30. The number of benzene rings is 3. The van der Waals surface area contributed by atoms with Crippen molar-refractivity contribution in [1.82, 2.24) is 5.43 Å². The molecular weight excluding hydrogens is 504 g/mol. The lowest BCUT2D eigenvalue weighted by molar-refractivity contribution is -0.119. The molecule has 1 amide bonds. The van der Waals surface area contributed by atoms with Crippen molar-refractivity contribution in [2.45, 2.75) is 4.90 Å². The van der Waals surface area contributed by atoms with Crippen LogP contribution in [0.25, 0.3) is 0 Å². The van der Waals surface area contributed by atoms with Gasteiger partial charge in [-0.2, -0.15) is 5.10 Å². The summed E-state index contributed by atoms with van der Waals surface area (Å²) in [5, 5.41) is 3.75. The highest BCUT2D eigenvalue weighted by molar-refractivity contribution is 7.92. The van der Waals surface area contributed by atoms with Crippen LogP contribution in [-0.2, 0) is 14.8 Å². The molecule has 0 aromatic heterocycles. The van der Waals surface area contributed by atoms with Crippen molar-refractivity contribution in [3.8, 4) is 11.5 Å². The van der Waals surface area contributed by atoms with E-state index in [0.717, 1.165) is 22.7 Å². The van der Waals surface area contributed by atoms with Crippen molar-refractivity contribution in [2.75, 3.05) is 24.1 Å². The lowest BCUT2D eigenvalue weighted by Gasteiger charge is -2.25. The summed E-state index contributed by atoms with van der Waals surface area (Å²) in [6.45, 7) is -0.116. The molecule has 0 aliphatic carbocycles. The summed E-state index contributed by atoms with van der Waals surface area (Å²) in [6.07, 6.45) is 1.01. The number of amides is 1. The summed E-state index contributed by atoms with van der Waals surface area (Å²) < 4.78 is 66.0. The average molecular weight is 522 g/mol. The molecule has 0 atom stereocenters. The van der Waals surface area contributed by atoms with Crippen LogP contribution in [0.15, 0.2) is 70.7 Å². The Morgan fingerprint density at radius 2 is 1.77 bits per heavy atom. The van der Waals surface area contributed by atoms with Crippen molar-refractivity contribution < 1.29 is 31.5 Å². The number of nitrogens with one attached hydrogen (secondary N) is 1. The van der Waals surface area contributed by atoms with E-state index < -0.39 is 34.1 Å². The molecule has 8 nitrogen and oxygen atoms in total. The normalized spacial score (nSPS) is 13.0. The van der Waals surface area contributed by atoms with E-state index in [-0.39, 0.29) is 33.5 Å². The number of hydrogen-bond donors (Lipinski definition) is 1. The lowest BCUT2D eigenvalue weighted by Crippen LogP contribution is -2.39. The van der Waals surface area contributed by atoms with Crippen LogP contribution in [0.3, 0.4) is 0 Å². The standard InChI is InChI=1S/C23H18ClF2N3O5S/c24-19-2-1-3-20(26)18(19)13-27-28-23(30)14-29(16-6-4-15(25)5-7-16)35(31,32)17-8-9-21-22(12-17)34-11-10-33-21/h1-9,12-13H,10-11,14H2,(H,28,30)/b27-13-. The van der Waals surface area contributed by atoms with E-state index in [1.54, 1.807) is 0 Å². The van der Waals surface area contributed by atoms with Gasteiger partial charge < -0.3 is 9.47 Å². The van der Waals surface area contributed by atoms with Gasteiger partial charge >= 0.3 is 0 Å². The van der Waals surface area contributed by atoms with Crippen LogP contribution < -0.4 is 19.2 Å². The van der Waals surface area contributed by atoms with Crippen LogP contribution >= 0.6 is 11.6 Å². The van der Waals surface area contributed by atoms with E-state index in [1.807, 2.05) is 0 Å². The summed E-state index contributed by atoms with van der Waals surface area (Å²) >= 11 is 5.92. The summed E-state index contributed by atoms with van der Waals surface area (Å²) in [5.41, 5.74) is 2.14. The molecular formula is C23H18ClF2N3O5S. The first-order valence-corrected chi connectivity index (χ1v) is 12.0. The van der Waals surface area contributed by atoms with Gasteiger partial charge in [-0.05, 0) is 48.5 Å². The van der Waals surface area contributed by atoms with Crippen molar-refractivity contribution in [3.05, 3.63) is 82.9 Å². The second-order valence-electron chi connectivity index (χ2n) is 7.22.